The van der Waals surface area contributed by atoms with Crippen LogP contribution < -0.4 is 0 Å². The van der Waals surface area contributed by atoms with E-state index in [0.29, 0.717) is 0 Å². The van der Waals surface area contributed by atoms with E-state index >= 15 is 0 Å². The van der Waals surface area contributed by atoms with Crippen LogP contribution in [0.4, 0.5) is 0 Å². The summed E-state index contributed by atoms with van der Waals surface area (Å²) in [5.41, 5.74) is 4.39. The van der Waals surface area contributed by atoms with E-state index in [2.05, 4.69) is 42.2 Å². The fourth-order valence-electron chi connectivity index (χ4n) is 3.14. The zero-order valence-corrected chi connectivity index (χ0v) is 15.8. The Morgan fingerprint density at radius 3 is 2.38 bits per heavy atom. The molecular weight excluding hydrogens is 322 g/mol. The molecular formula is C23H27NO2. The van der Waals surface area contributed by atoms with Crippen molar-refractivity contribution < 1.29 is 9.52 Å². The molecule has 0 bridgehead atoms. The Bertz CT molecular complexity index is 847. The number of benzene rings is 2. The minimum Gasteiger partial charge on any atom is -0.508 e. The number of rotatable bonds is 7. The van der Waals surface area contributed by atoms with Gasteiger partial charge in [-0.3, -0.25) is 0 Å². The normalized spacial score (nSPS) is 11.2. The van der Waals surface area contributed by atoms with Gasteiger partial charge in [0.1, 0.15) is 17.3 Å². The number of aromatic hydroxyl groups is 1. The Labute approximate surface area is 155 Å². The van der Waals surface area contributed by atoms with Crippen LogP contribution in [-0.4, -0.2) is 24.1 Å². The first-order valence-corrected chi connectivity index (χ1v) is 9.23. The maximum absolute atomic E-state index is 9.87. The average molecular weight is 349 g/mol. The summed E-state index contributed by atoms with van der Waals surface area (Å²) in [7, 11) is 4.05. The highest BCUT2D eigenvalue weighted by Crippen LogP contribution is 2.36. The molecule has 136 valence electrons. The van der Waals surface area contributed by atoms with Gasteiger partial charge in [-0.1, -0.05) is 49.7 Å². The Morgan fingerprint density at radius 2 is 1.73 bits per heavy atom. The molecule has 3 nitrogen and oxygen atoms in total. The maximum atomic E-state index is 9.87. The van der Waals surface area contributed by atoms with Gasteiger partial charge in [-0.25, -0.2) is 0 Å². The number of phenols is 1. The van der Waals surface area contributed by atoms with Crippen molar-refractivity contribution in [3.8, 4) is 28.2 Å². The van der Waals surface area contributed by atoms with Crippen LogP contribution in [0.15, 0.2) is 59.0 Å². The Hall–Kier alpha value is -2.52. The van der Waals surface area contributed by atoms with Gasteiger partial charge in [0, 0.05) is 11.1 Å². The minimum atomic E-state index is 0.263. The molecule has 0 aliphatic carbocycles. The van der Waals surface area contributed by atoms with E-state index in [0.717, 1.165) is 41.2 Å². The molecule has 1 N–H and O–H groups in total. The highest BCUT2D eigenvalue weighted by atomic mass is 16.3. The fourth-order valence-corrected chi connectivity index (χ4v) is 3.14. The summed E-state index contributed by atoms with van der Waals surface area (Å²) in [5, 5.41) is 9.87. The summed E-state index contributed by atoms with van der Waals surface area (Å²) in [5.74, 6) is 2.03. The standard InChI is InChI=1S/C23H27NO2/c1-4-5-7-17-10-12-18(13-11-17)23-22(15-21(26-23)16-24(2)3)19-8-6-9-20(25)14-19/h6,8-15,25H,4-5,7,16H2,1-3H3. The largest absolute Gasteiger partial charge is 0.508 e. The number of nitrogens with zero attached hydrogens (tertiary/aromatic N) is 1. The van der Waals surface area contributed by atoms with Crippen LogP contribution in [0.25, 0.3) is 22.5 Å². The van der Waals surface area contributed by atoms with Crippen LogP contribution in [-0.2, 0) is 13.0 Å². The van der Waals surface area contributed by atoms with Crippen molar-refractivity contribution in [2.75, 3.05) is 14.1 Å². The maximum Gasteiger partial charge on any atom is 0.142 e. The third-order valence-corrected chi connectivity index (χ3v) is 4.45. The molecule has 0 spiro atoms. The first-order chi connectivity index (χ1) is 12.6. The van der Waals surface area contributed by atoms with Crippen molar-refractivity contribution in [2.45, 2.75) is 32.7 Å². The monoisotopic (exact) mass is 349 g/mol. The molecule has 26 heavy (non-hydrogen) atoms. The van der Waals surface area contributed by atoms with Crippen LogP contribution in [0.1, 0.15) is 31.1 Å². The van der Waals surface area contributed by atoms with Crippen LogP contribution >= 0.6 is 0 Å². The topological polar surface area (TPSA) is 36.6 Å². The summed E-state index contributed by atoms with van der Waals surface area (Å²) in [6.07, 6.45) is 3.53. The molecule has 0 fully saturated rings. The van der Waals surface area contributed by atoms with Crippen molar-refractivity contribution in [1.29, 1.82) is 0 Å². The van der Waals surface area contributed by atoms with Gasteiger partial charge in [0.05, 0.1) is 6.54 Å². The number of furan rings is 1. The molecule has 0 unspecified atom stereocenters. The third-order valence-electron chi connectivity index (χ3n) is 4.45. The number of unbranched alkanes of at least 4 members (excludes halogenated alkanes) is 1. The third kappa shape index (κ3) is 4.36. The van der Waals surface area contributed by atoms with Crippen LogP contribution in [0.2, 0.25) is 0 Å². The summed E-state index contributed by atoms with van der Waals surface area (Å²) in [4.78, 5) is 2.09. The zero-order valence-electron chi connectivity index (χ0n) is 15.8. The van der Waals surface area contributed by atoms with Crippen molar-refractivity contribution in [3.63, 3.8) is 0 Å². The second-order valence-corrected chi connectivity index (χ2v) is 7.04. The van der Waals surface area contributed by atoms with Gasteiger partial charge in [0.25, 0.3) is 0 Å². The lowest BCUT2D eigenvalue weighted by molar-refractivity contribution is 0.353. The van der Waals surface area contributed by atoms with E-state index in [9.17, 15) is 5.11 Å². The molecule has 1 aromatic heterocycles. The highest BCUT2D eigenvalue weighted by Gasteiger charge is 2.16. The molecule has 3 rings (SSSR count). The van der Waals surface area contributed by atoms with Gasteiger partial charge < -0.3 is 14.4 Å². The lowest BCUT2D eigenvalue weighted by Crippen LogP contribution is -2.09. The van der Waals surface area contributed by atoms with E-state index < -0.39 is 0 Å². The Kier molecular flexibility index (Phi) is 5.79. The Balaban J connectivity index is 2.00. The summed E-state index contributed by atoms with van der Waals surface area (Å²) in [6.45, 7) is 2.95. The lowest BCUT2D eigenvalue weighted by Gasteiger charge is -2.06. The first kappa shape index (κ1) is 18.3. The summed E-state index contributed by atoms with van der Waals surface area (Å²) < 4.78 is 6.20. The molecule has 1 heterocycles. The van der Waals surface area contributed by atoms with Crippen molar-refractivity contribution in [3.05, 3.63) is 65.9 Å². The molecule has 0 radical (unpaired) electrons. The van der Waals surface area contributed by atoms with Crippen LogP contribution in [0, 0.1) is 0 Å². The molecule has 3 heteroatoms. The molecule has 2 aromatic carbocycles. The second-order valence-electron chi connectivity index (χ2n) is 7.04. The van der Waals surface area contributed by atoms with Crippen molar-refractivity contribution in [1.82, 2.24) is 4.90 Å². The number of phenolic OH excluding ortho intramolecular Hbond substituents is 1. The lowest BCUT2D eigenvalue weighted by atomic mass is 10.00. The highest BCUT2D eigenvalue weighted by molar-refractivity contribution is 5.81. The first-order valence-electron chi connectivity index (χ1n) is 9.23. The quantitative estimate of drug-likeness (QED) is 0.592. The average Bonchev–Trinajstić information content (AvgIpc) is 3.03. The SMILES string of the molecule is CCCCc1ccc(-c2oc(CN(C)C)cc2-c2cccc(O)c2)cc1. The van der Waals surface area contributed by atoms with Crippen molar-refractivity contribution >= 4 is 0 Å². The molecule has 0 amide bonds. The van der Waals surface area contributed by atoms with Gasteiger partial charge in [0.15, 0.2) is 0 Å². The van der Waals surface area contributed by atoms with E-state index in [-0.39, 0.29) is 5.75 Å². The number of hydrogen-bond acceptors (Lipinski definition) is 3. The van der Waals surface area contributed by atoms with E-state index in [1.807, 2.05) is 26.2 Å². The predicted octanol–water partition coefficient (Wildman–Crippen LogP) is 5.72. The Morgan fingerprint density at radius 1 is 0.962 bits per heavy atom. The predicted molar refractivity (Wildman–Crippen MR) is 107 cm³/mol. The molecule has 0 atom stereocenters. The van der Waals surface area contributed by atoms with Gasteiger partial charge in [-0.15, -0.1) is 0 Å². The van der Waals surface area contributed by atoms with E-state index in [1.165, 1.54) is 18.4 Å². The molecule has 0 saturated carbocycles. The molecule has 0 saturated heterocycles. The van der Waals surface area contributed by atoms with Gasteiger partial charge in [0.2, 0.25) is 0 Å². The number of hydrogen-bond donors (Lipinski definition) is 1. The van der Waals surface area contributed by atoms with Crippen molar-refractivity contribution in [2.24, 2.45) is 0 Å². The van der Waals surface area contributed by atoms with Crippen LogP contribution in [0.3, 0.4) is 0 Å². The van der Waals surface area contributed by atoms with E-state index in [4.69, 9.17) is 4.42 Å². The second kappa shape index (κ2) is 8.24. The van der Waals surface area contributed by atoms with Gasteiger partial charge in [-0.05, 0) is 56.3 Å². The minimum absolute atomic E-state index is 0.263. The number of aryl methyl sites for hydroxylation is 1. The zero-order chi connectivity index (χ0) is 18.5. The smallest absolute Gasteiger partial charge is 0.142 e. The molecule has 0 aliphatic rings. The summed E-state index contributed by atoms with van der Waals surface area (Å²) in [6, 6.07) is 18.1. The molecule has 3 aromatic rings. The molecule has 0 aliphatic heterocycles. The fraction of sp³-hybridized carbons (Fsp3) is 0.304. The van der Waals surface area contributed by atoms with Gasteiger partial charge in [-0.2, -0.15) is 0 Å². The van der Waals surface area contributed by atoms with Crippen LogP contribution in [0.5, 0.6) is 5.75 Å². The van der Waals surface area contributed by atoms with Gasteiger partial charge >= 0.3 is 0 Å². The summed E-state index contributed by atoms with van der Waals surface area (Å²) >= 11 is 0. The van der Waals surface area contributed by atoms with E-state index in [1.54, 1.807) is 12.1 Å².